The molecule has 0 amide bonds. The zero-order chi connectivity index (χ0) is 15.6. The molecule has 0 aliphatic carbocycles. The zero-order valence-electron chi connectivity index (χ0n) is 8.31. The van der Waals surface area contributed by atoms with Crippen molar-refractivity contribution in [1.82, 2.24) is 6.15 Å². The molecule has 0 radical (unpaired) electrons. The minimum Gasteiger partial charge on any atom is -0.344 e. The highest BCUT2D eigenvalue weighted by Crippen LogP contribution is 2.48. The molecule has 0 heterocycles. The van der Waals surface area contributed by atoms with E-state index >= 15 is 0 Å². The summed E-state index contributed by atoms with van der Waals surface area (Å²) in [6, 6.07) is 0. The van der Waals surface area contributed by atoms with Crippen LogP contribution in [0, 0.1) is 0 Å². The van der Waals surface area contributed by atoms with Gasteiger partial charge in [0.05, 0.1) is 0 Å². The maximum Gasteiger partial charge on any atom is 0.460 e. The van der Waals surface area contributed by atoms with E-state index in [0.29, 0.717) is 0 Å². The van der Waals surface area contributed by atoms with Gasteiger partial charge in [0.2, 0.25) is 0 Å². The van der Waals surface area contributed by atoms with Crippen molar-refractivity contribution in [3.63, 3.8) is 0 Å². The average molecular weight is 335 g/mol. The van der Waals surface area contributed by atoms with Crippen LogP contribution in [0.3, 0.4) is 0 Å². The fraction of sp³-hybridized carbons (Fsp3) is 1.00. The molecule has 19 heavy (non-hydrogen) atoms. The SMILES string of the molecule is FC(F)C(F)(F)C(F)(F)C(F)(F)F.N.O=S(=O)(O)O. The van der Waals surface area contributed by atoms with Crippen LogP contribution in [0.25, 0.3) is 0 Å². The molecular weight excluding hydrogens is 329 g/mol. The number of hydrogen-bond acceptors (Lipinski definition) is 3. The summed E-state index contributed by atoms with van der Waals surface area (Å²) < 4.78 is 134. The van der Waals surface area contributed by atoms with Crippen LogP contribution in [-0.4, -0.2) is 42.0 Å². The third-order valence-corrected chi connectivity index (χ3v) is 1.05. The van der Waals surface area contributed by atoms with Crippen LogP contribution in [0.5, 0.6) is 0 Å². The number of hydrogen-bond donors (Lipinski definition) is 3. The van der Waals surface area contributed by atoms with Crippen LogP contribution in [0.1, 0.15) is 0 Å². The largest absolute Gasteiger partial charge is 0.460 e. The lowest BCUT2D eigenvalue weighted by Gasteiger charge is -2.27. The lowest BCUT2D eigenvalue weighted by Crippen LogP contribution is -2.55. The molecule has 0 rings (SSSR count). The van der Waals surface area contributed by atoms with Gasteiger partial charge in [0.1, 0.15) is 0 Å². The standard InChI is InChI=1S/C4HF9.H3N.H2O4S/c5-1(6)2(7,8)3(9,10)4(11,12)13;;1-5(2,3)4/h1H;1H3;(H2,1,2,3,4). The van der Waals surface area contributed by atoms with Gasteiger partial charge in [-0.15, -0.1) is 0 Å². The summed E-state index contributed by atoms with van der Waals surface area (Å²) in [5.74, 6) is -13.1. The van der Waals surface area contributed by atoms with Crippen LogP contribution < -0.4 is 6.15 Å². The minimum absolute atomic E-state index is 0. The Morgan fingerprint density at radius 2 is 1.05 bits per heavy atom. The van der Waals surface area contributed by atoms with E-state index in [1.165, 1.54) is 0 Å². The summed E-state index contributed by atoms with van der Waals surface area (Å²) in [6.45, 7) is 0. The van der Waals surface area contributed by atoms with Crippen LogP contribution >= 0.6 is 0 Å². The molecule has 0 spiro atoms. The fourth-order valence-electron chi connectivity index (χ4n) is 0.326. The first-order chi connectivity index (χ1) is 7.44. The van der Waals surface area contributed by atoms with Crippen LogP contribution in [0.4, 0.5) is 39.5 Å². The van der Waals surface area contributed by atoms with Gasteiger partial charge in [0.15, 0.2) is 0 Å². The second-order valence-electron chi connectivity index (χ2n) is 2.44. The Balaban J connectivity index is -0.000000366. The Bertz CT molecular complexity index is 355. The van der Waals surface area contributed by atoms with Crippen molar-refractivity contribution in [1.29, 1.82) is 0 Å². The quantitative estimate of drug-likeness (QED) is 0.531. The predicted molar refractivity (Wildman–Crippen MR) is 41.2 cm³/mol. The Morgan fingerprint density at radius 1 is 0.842 bits per heavy atom. The molecule has 0 aromatic heterocycles. The van der Waals surface area contributed by atoms with Crippen molar-refractivity contribution in [3.05, 3.63) is 0 Å². The molecule has 120 valence electrons. The van der Waals surface area contributed by atoms with E-state index in [4.69, 9.17) is 17.5 Å². The molecular formula is C4H6F9NO4S. The molecule has 15 heteroatoms. The summed E-state index contributed by atoms with van der Waals surface area (Å²) >= 11 is 0. The first-order valence-electron chi connectivity index (χ1n) is 3.25. The molecule has 0 atom stereocenters. The van der Waals surface area contributed by atoms with Gasteiger partial charge in [0.25, 0.3) is 0 Å². The molecule has 0 bridgehead atoms. The Kier molecular flexibility index (Phi) is 8.07. The van der Waals surface area contributed by atoms with Gasteiger partial charge in [-0.25, -0.2) is 8.78 Å². The van der Waals surface area contributed by atoms with Gasteiger partial charge in [-0.1, -0.05) is 0 Å². The molecule has 0 saturated carbocycles. The van der Waals surface area contributed by atoms with Gasteiger partial charge in [-0.05, 0) is 0 Å². The van der Waals surface area contributed by atoms with Gasteiger partial charge in [-0.2, -0.15) is 39.2 Å². The number of halogens is 9. The van der Waals surface area contributed by atoms with Crippen molar-refractivity contribution in [3.8, 4) is 0 Å². The Labute approximate surface area is 99.1 Å². The van der Waals surface area contributed by atoms with Crippen molar-refractivity contribution < 1.29 is 57.0 Å². The zero-order valence-corrected chi connectivity index (χ0v) is 9.12. The van der Waals surface area contributed by atoms with Crippen LogP contribution in [-0.2, 0) is 10.4 Å². The lowest BCUT2D eigenvalue weighted by atomic mass is 10.2. The number of rotatable bonds is 2. The van der Waals surface area contributed by atoms with E-state index in [1.807, 2.05) is 0 Å². The number of alkyl halides is 9. The van der Waals surface area contributed by atoms with Gasteiger partial charge in [-0.3, -0.25) is 9.11 Å². The molecule has 0 unspecified atom stereocenters. The Hall–Kier alpha value is -0.800. The first kappa shape index (κ1) is 23.3. The third kappa shape index (κ3) is 7.38. The summed E-state index contributed by atoms with van der Waals surface area (Å²) in [7, 11) is -4.67. The highest BCUT2D eigenvalue weighted by atomic mass is 32.3. The second-order valence-corrected chi connectivity index (χ2v) is 3.34. The smallest absolute Gasteiger partial charge is 0.344 e. The molecule has 0 aliphatic heterocycles. The molecule has 0 aromatic carbocycles. The lowest BCUT2D eigenvalue weighted by molar-refractivity contribution is -0.375. The monoisotopic (exact) mass is 335 g/mol. The topological polar surface area (TPSA) is 110 Å². The van der Waals surface area contributed by atoms with Gasteiger partial charge in [0, 0.05) is 0 Å². The van der Waals surface area contributed by atoms with Crippen LogP contribution in [0.15, 0.2) is 0 Å². The highest BCUT2D eigenvalue weighted by molar-refractivity contribution is 7.79. The van der Waals surface area contributed by atoms with E-state index in [9.17, 15) is 39.5 Å². The van der Waals surface area contributed by atoms with E-state index in [2.05, 4.69) is 0 Å². The van der Waals surface area contributed by atoms with Gasteiger partial charge < -0.3 is 6.15 Å². The third-order valence-electron chi connectivity index (χ3n) is 1.05. The van der Waals surface area contributed by atoms with Gasteiger partial charge >= 0.3 is 34.8 Å². The maximum atomic E-state index is 11.6. The molecule has 5 N–H and O–H groups in total. The highest BCUT2D eigenvalue weighted by Gasteiger charge is 2.76. The summed E-state index contributed by atoms with van der Waals surface area (Å²) in [6.07, 6.45) is -11.8. The van der Waals surface area contributed by atoms with Crippen LogP contribution in [0.2, 0.25) is 0 Å². The summed E-state index contributed by atoms with van der Waals surface area (Å²) in [5.41, 5.74) is 0. The molecule has 0 saturated heterocycles. The van der Waals surface area contributed by atoms with E-state index in [0.717, 1.165) is 0 Å². The van der Waals surface area contributed by atoms with Crippen molar-refractivity contribution >= 4 is 10.4 Å². The van der Waals surface area contributed by atoms with E-state index in [1.54, 1.807) is 0 Å². The molecule has 5 nitrogen and oxygen atoms in total. The molecule has 0 fully saturated rings. The maximum absolute atomic E-state index is 11.6. The molecule has 0 aromatic rings. The van der Waals surface area contributed by atoms with E-state index < -0.39 is 34.8 Å². The van der Waals surface area contributed by atoms with Crippen molar-refractivity contribution in [2.75, 3.05) is 0 Å². The normalized spacial score (nSPS) is 13.5. The predicted octanol–water partition coefficient (Wildman–Crippen LogP) is 2.59. The summed E-state index contributed by atoms with van der Waals surface area (Å²) in [5, 5.41) is 0. The average Bonchev–Trinajstić information content (AvgIpc) is 1.97. The Morgan fingerprint density at radius 3 is 1.11 bits per heavy atom. The summed E-state index contributed by atoms with van der Waals surface area (Å²) in [4.78, 5) is 0. The first-order valence-corrected chi connectivity index (χ1v) is 4.64. The minimum atomic E-state index is -6.73. The van der Waals surface area contributed by atoms with E-state index in [-0.39, 0.29) is 6.15 Å². The second kappa shape index (κ2) is 6.58. The molecule has 0 aliphatic rings. The van der Waals surface area contributed by atoms with Crippen molar-refractivity contribution in [2.24, 2.45) is 0 Å². The fourth-order valence-corrected chi connectivity index (χ4v) is 0.326. The van der Waals surface area contributed by atoms with Crippen molar-refractivity contribution in [2.45, 2.75) is 24.4 Å².